The topological polar surface area (TPSA) is 18.5 Å². The standard InChI is InChI=1S/C13H20O2Si/c1-4-14-16(6-3,15-5-2)12-13-10-8-7-9-11-13/h6-11H,3-5,12H2,1-2H3. The highest BCUT2D eigenvalue weighted by Crippen LogP contribution is 2.16. The van der Waals surface area contributed by atoms with Crippen LogP contribution in [0.4, 0.5) is 0 Å². The molecule has 3 heteroatoms. The SMILES string of the molecule is C=C[Si](Cc1ccccc1)(OCC)OCC. The molecule has 0 aliphatic heterocycles. The second kappa shape index (κ2) is 6.63. The molecule has 0 saturated carbocycles. The average Bonchev–Trinajstić information content (AvgIpc) is 2.31. The van der Waals surface area contributed by atoms with Crippen LogP contribution >= 0.6 is 0 Å². The first-order valence-corrected chi connectivity index (χ1v) is 7.82. The van der Waals surface area contributed by atoms with Crippen molar-refractivity contribution in [2.24, 2.45) is 0 Å². The van der Waals surface area contributed by atoms with Crippen molar-refractivity contribution in [3.8, 4) is 0 Å². The van der Waals surface area contributed by atoms with Gasteiger partial charge in [0, 0.05) is 19.3 Å². The van der Waals surface area contributed by atoms with Gasteiger partial charge in [-0.25, -0.2) is 0 Å². The minimum atomic E-state index is -2.25. The van der Waals surface area contributed by atoms with Crippen LogP contribution < -0.4 is 0 Å². The highest BCUT2D eigenvalue weighted by molar-refractivity contribution is 6.72. The first-order chi connectivity index (χ1) is 7.76. The van der Waals surface area contributed by atoms with Gasteiger partial charge in [-0.2, -0.15) is 0 Å². The molecule has 0 unspecified atom stereocenters. The van der Waals surface area contributed by atoms with E-state index < -0.39 is 8.56 Å². The Labute approximate surface area is 99.2 Å². The second-order valence-electron chi connectivity index (χ2n) is 3.54. The fourth-order valence-corrected chi connectivity index (χ4v) is 4.15. The maximum atomic E-state index is 5.82. The molecule has 0 saturated heterocycles. The summed E-state index contributed by atoms with van der Waals surface area (Å²) in [5, 5.41) is 0. The lowest BCUT2D eigenvalue weighted by Crippen LogP contribution is -2.43. The quantitative estimate of drug-likeness (QED) is 0.678. The number of rotatable bonds is 7. The van der Waals surface area contributed by atoms with Crippen molar-refractivity contribution < 1.29 is 8.85 Å². The normalized spacial score (nSPS) is 11.4. The molecule has 0 amide bonds. The largest absolute Gasteiger partial charge is 0.391 e. The lowest BCUT2D eigenvalue weighted by molar-refractivity contribution is 0.194. The Balaban J connectivity index is 2.80. The van der Waals surface area contributed by atoms with E-state index in [9.17, 15) is 0 Å². The number of hydrogen-bond donors (Lipinski definition) is 0. The molecule has 16 heavy (non-hydrogen) atoms. The van der Waals surface area contributed by atoms with Gasteiger partial charge in [0.05, 0.1) is 0 Å². The van der Waals surface area contributed by atoms with Crippen LogP contribution in [0.25, 0.3) is 0 Å². The van der Waals surface area contributed by atoms with Crippen molar-refractivity contribution in [1.82, 2.24) is 0 Å². The van der Waals surface area contributed by atoms with Gasteiger partial charge in [0.1, 0.15) is 0 Å². The van der Waals surface area contributed by atoms with Gasteiger partial charge in [0.15, 0.2) is 0 Å². The summed E-state index contributed by atoms with van der Waals surface area (Å²) in [6.07, 6.45) is 0. The summed E-state index contributed by atoms with van der Waals surface area (Å²) in [5.74, 6) is 0. The smallest absolute Gasteiger partial charge is 0.368 e. The van der Waals surface area contributed by atoms with Crippen LogP contribution in [-0.4, -0.2) is 21.8 Å². The Bertz CT molecular complexity index is 305. The molecule has 0 aliphatic rings. The van der Waals surface area contributed by atoms with E-state index in [2.05, 4.69) is 18.7 Å². The van der Waals surface area contributed by atoms with Crippen molar-refractivity contribution in [2.45, 2.75) is 19.9 Å². The Hall–Kier alpha value is -0.903. The first kappa shape index (κ1) is 13.2. The highest BCUT2D eigenvalue weighted by Gasteiger charge is 2.33. The molecule has 0 N–H and O–H groups in total. The van der Waals surface area contributed by atoms with E-state index in [1.54, 1.807) is 0 Å². The average molecular weight is 236 g/mol. The molecule has 1 aromatic rings. The van der Waals surface area contributed by atoms with Crippen molar-refractivity contribution in [1.29, 1.82) is 0 Å². The zero-order valence-electron chi connectivity index (χ0n) is 10.1. The first-order valence-electron chi connectivity index (χ1n) is 5.71. The Kier molecular flexibility index (Phi) is 5.45. The molecule has 0 aromatic heterocycles. The van der Waals surface area contributed by atoms with Crippen LogP contribution in [0.2, 0.25) is 0 Å². The Morgan fingerprint density at radius 1 is 1.12 bits per heavy atom. The zero-order chi connectivity index (χ0) is 11.9. The summed E-state index contributed by atoms with van der Waals surface area (Å²) >= 11 is 0. The van der Waals surface area contributed by atoms with Crippen molar-refractivity contribution in [3.63, 3.8) is 0 Å². The summed E-state index contributed by atoms with van der Waals surface area (Å²) in [6.45, 7) is 9.21. The van der Waals surface area contributed by atoms with E-state index in [1.165, 1.54) is 5.56 Å². The van der Waals surface area contributed by atoms with Gasteiger partial charge in [0.25, 0.3) is 0 Å². The van der Waals surface area contributed by atoms with Crippen LogP contribution in [0.5, 0.6) is 0 Å². The predicted molar refractivity (Wildman–Crippen MR) is 69.3 cm³/mol. The Morgan fingerprint density at radius 3 is 2.12 bits per heavy atom. The monoisotopic (exact) mass is 236 g/mol. The molecule has 88 valence electrons. The molecular weight excluding hydrogens is 216 g/mol. The summed E-state index contributed by atoms with van der Waals surface area (Å²) in [6, 6.07) is 11.1. The van der Waals surface area contributed by atoms with Gasteiger partial charge in [0.2, 0.25) is 0 Å². The zero-order valence-corrected chi connectivity index (χ0v) is 11.1. The van der Waals surface area contributed by atoms with E-state index in [0.717, 1.165) is 6.04 Å². The molecule has 0 heterocycles. The molecule has 0 aliphatic carbocycles. The maximum Gasteiger partial charge on any atom is 0.368 e. The highest BCUT2D eigenvalue weighted by atomic mass is 28.4. The molecule has 0 radical (unpaired) electrons. The molecule has 0 fully saturated rings. The minimum Gasteiger partial charge on any atom is -0.391 e. The van der Waals surface area contributed by atoms with Crippen molar-refractivity contribution >= 4 is 8.56 Å². The number of benzene rings is 1. The summed E-state index contributed by atoms with van der Waals surface area (Å²) in [7, 11) is -2.25. The maximum absolute atomic E-state index is 5.82. The van der Waals surface area contributed by atoms with E-state index in [-0.39, 0.29) is 0 Å². The molecule has 1 rings (SSSR count). The van der Waals surface area contributed by atoms with E-state index in [1.807, 2.05) is 37.7 Å². The van der Waals surface area contributed by atoms with Crippen LogP contribution in [0.3, 0.4) is 0 Å². The van der Waals surface area contributed by atoms with Crippen molar-refractivity contribution in [3.05, 3.63) is 48.2 Å². The summed E-state index contributed by atoms with van der Waals surface area (Å²) < 4.78 is 11.6. The van der Waals surface area contributed by atoms with Crippen LogP contribution in [0.1, 0.15) is 19.4 Å². The molecule has 0 bridgehead atoms. The van der Waals surface area contributed by atoms with E-state index >= 15 is 0 Å². The van der Waals surface area contributed by atoms with E-state index in [0.29, 0.717) is 13.2 Å². The summed E-state index contributed by atoms with van der Waals surface area (Å²) in [5.41, 5.74) is 3.13. The van der Waals surface area contributed by atoms with Gasteiger partial charge in [-0.3, -0.25) is 0 Å². The van der Waals surface area contributed by atoms with Gasteiger partial charge in [-0.15, -0.1) is 6.58 Å². The van der Waals surface area contributed by atoms with Crippen LogP contribution in [0, 0.1) is 0 Å². The van der Waals surface area contributed by atoms with E-state index in [4.69, 9.17) is 8.85 Å². The molecule has 2 nitrogen and oxygen atoms in total. The molecule has 0 spiro atoms. The van der Waals surface area contributed by atoms with Gasteiger partial charge in [-0.05, 0) is 25.1 Å². The fraction of sp³-hybridized carbons (Fsp3) is 0.385. The lowest BCUT2D eigenvalue weighted by atomic mass is 10.2. The number of hydrogen-bond acceptors (Lipinski definition) is 2. The third-order valence-corrected chi connectivity index (χ3v) is 5.46. The van der Waals surface area contributed by atoms with Gasteiger partial charge in [-0.1, -0.05) is 30.3 Å². The summed E-state index contributed by atoms with van der Waals surface area (Å²) in [4.78, 5) is 0. The van der Waals surface area contributed by atoms with Crippen LogP contribution in [-0.2, 0) is 14.9 Å². The Morgan fingerprint density at radius 2 is 1.69 bits per heavy atom. The fourth-order valence-electron chi connectivity index (χ4n) is 1.70. The predicted octanol–water partition coefficient (Wildman–Crippen LogP) is 3.01. The van der Waals surface area contributed by atoms with Gasteiger partial charge >= 0.3 is 8.56 Å². The second-order valence-corrected chi connectivity index (χ2v) is 6.51. The third kappa shape index (κ3) is 3.59. The van der Waals surface area contributed by atoms with Gasteiger partial charge < -0.3 is 8.85 Å². The minimum absolute atomic E-state index is 0.672. The molecular formula is C13H20O2Si. The van der Waals surface area contributed by atoms with Crippen molar-refractivity contribution in [2.75, 3.05) is 13.2 Å². The third-order valence-electron chi connectivity index (χ3n) is 2.38. The molecule has 0 atom stereocenters. The van der Waals surface area contributed by atoms with Crippen LogP contribution in [0.15, 0.2) is 42.6 Å². The molecule has 1 aromatic carbocycles. The lowest BCUT2D eigenvalue weighted by Gasteiger charge is -2.26.